The van der Waals surface area contributed by atoms with Crippen molar-refractivity contribution < 1.29 is 0 Å². The summed E-state index contributed by atoms with van der Waals surface area (Å²) in [5, 5.41) is 0. The van der Waals surface area contributed by atoms with Crippen LogP contribution in [-0.2, 0) is 0 Å². The highest BCUT2D eigenvalue weighted by molar-refractivity contribution is 5.86. The fourth-order valence-electron chi connectivity index (χ4n) is 3.19. The molecule has 0 spiro atoms. The Morgan fingerprint density at radius 3 is 2.29 bits per heavy atom. The molecule has 0 radical (unpaired) electrons. The molecule has 1 aliphatic carbocycles. The average molecular weight is 318 g/mol. The number of hydrogen-bond acceptors (Lipinski definition) is 2. The van der Waals surface area contributed by atoms with E-state index in [1.165, 1.54) is 33.5 Å². The van der Waals surface area contributed by atoms with Crippen LogP contribution in [0, 0.1) is 0 Å². The monoisotopic (exact) mass is 318 g/mol. The van der Waals surface area contributed by atoms with Gasteiger partial charge in [0.15, 0.2) is 0 Å². The zero-order valence-electron chi connectivity index (χ0n) is 15.1. The summed E-state index contributed by atoms with van der Waals surface area (Å²) in [6, 6.07) is 17.5. The van der Waals surface area contributed by atoms with Crippen LogP contribution in [0.15, 0.2) is 66.3 Å². The summed E-state index contributed by atoms with van der Waals surface area (Å²) in [7, 11) is 8.42. The minimum atomic E-state index is 1.000. The van der Waals surface area contributed by atoms with Crippen LogP contribution in [0.4, 0.5) is 5.69 Å². The molecule has 0 bridgehead atoms. The molecule has 2 nitrogen and oxygen atoms in total. The second-order valence-electron chi connectivity index (χ2n) is 6.88. The molecule has 0 unspecified atom stereocenters. The topological polar surface area (TPSA) is 6.48 Å². The molecule has 0 saturated heterocycles. The lowest BCUT2D eigenvalue weighted by Gasteiger charge is -2.18. The van der Waals surface area contributed by atoms with Gasteiger partial charge in [0.2, 0.25) is 0 Å². The van der Waals surface area contributed by atoms with E-state index in [2.05, 4.69) is 98.7 Å². The molecule has 0 atom stereocenters. The first kappa shape index (κ1) is 16.5. The van der Waals surface area contributed by atoms with Crippen LogP contribution in [-0.4, -0.2) is 39.6 Å². The lowest BCUT2D eigenvalue weighted by atomic mass is 9.93. The fraction of sp³-hybridized carbons (Fsp3) is 0.273. The molecular formula is C22H26N2. The average Bonchev–Trinajstić information content (AvgIpc) is 3.02. The second-order valence-corrected chi connectivity index (χ2v) is 6.88. The van der Waals surface area contributed by atoms with Crippen molar-refractivity contribution in [1.82, 2.24) is 4.90 Å². The van der Waals surface area contributed by atoms with E-state index < -0.39 is 0 Å². The SMILES string of the molecule is CN(C)CC1=CCC(c2ccc(N(C)C)cc2-c2ccccc2)=C1. The van der Waals surface area contributed by atoms with Crippen LogP contribution in [0.25, 0.3) is 16.7 Å². The number of benzene rings is 2. The van der Waals surface area contributed by atoms with E-state index in [0.29, 0.717) is 0 Å². The van der Waals surface area contributed by atoms with Gasteiger partial charge in [0, 0.05) is 26.3 Å². The maximum atomic E-state index is 2.36. The minimum Gasteiger partial charge on any atom is -0.378 e. The Hall–Kier alpha value is -2.32. The zero-order valence-corrected chi connectivity index (χ0v) is 15.1. The quantitative estimate of drug-likeness (QED) is 0.789. The first-order chi connectivity index (χ1) is 11.5. The number of allylic oxidation sites excluding steroid dienone is 2. The van der Waals surface area contributed by atoms with Gasteiger partial charge in [-0.2, -0.15) is 0 Å². The van der Waals surface area contributed by atoms with Crippen molar-refractivity contribution in [2.24, 2.45) is 0 Å². The van der Waals surface area contributed by atoms with Crippen molar-refractivity contribution in [2.45, 2.75) is 6.42 Å². The number of rotatable bonds is 5. The highest BCUT2D eigenvalue weighted by Crippen LogP contribution is 2.36. The van der Waals surface area contributed by atoms with Crippen LogP contribution in [0.5, 0.6) is 0 Å². The molecule has 124 valence electrons. The van der Waals surface area contributed by atoms with Crippen LogP contribution in [0.2, 0.25) is 0 Å². The summed E-state index contributed by atoms with van der Waals surface area (Å²) in [6.45, 7) is 1.000. The Morgan fingerprint density at radius 2 is 1.62 bits per heavy atom. The van der Waals surface area contributed by atoms with Crippen LogP contribution in [0.1, 0.15) is 12.0 Å². The maximum Gasteiger partial charge on any atom is 0.0367 e. The largest absolute Gasteiger partial charge is 0.378 e. The fourth-order valence-corrected chi connectivity index (χ4v) is 3.19. The smallest absolute Gasteiger partial charge is 0.0367 e. The summed E-state index contributed by atoms with van der Waals surface area (Å²) < 4.78 is 0. The van der Waals surface area contributed by atoms with Crippen molar-refractivity contribution in [3.63, 3.8) is 0 Å². The molecule has 3 rings (SSSR count). The number of hydrogen-bond donors (Lipinski definition) is 0. The summed E-state index contributed by atoms with van der Waals surface area (Å²) >= 11 is 0. The van der Waals surface area contributed by atoms with Gasteiger partial charge in [0.1, 0.15) is 0 Å². The Morgan fingerprint density at radius 1 is 0.875 bits per heavy atom. The lowest BCUT2D eigenvalue weighted by Crippen LogP contribution is -2.13. The molecule has 1 aliphatic rings. The van der Waals surface area contributed by atoms with Crippen molar-refractivity contribution in [1.29, 1.82) is 0 Å². The van der Waals surface area contributed by atoms with Gasteiger partial charge in [-0.3, -0.25) is 0 Å². The number of likely N-dealkylation sites (N-methyl/N-ethyl adjacent to an activating group) is 1. The first-order valence-electron chi connectivity index (χ1n) is 8.46. The van der Waals surface area contributed by atoms with E-state index in [4.69, 9.17) is 0 Å². The summed E-state index contributed by atoms with van der Waals surface area (Å²) in [4.78, 5) is 4.38. The third kappa shape index (κ3) is 3.60. The van der Waals surface area contributed by atoms with E-state index in [9.17, 15) is 0 Å². The van der Waals surface area contributed by atoms with Crippen molar-refractivity contribution in [2.75, 3.05) is 39.6 Å². The third-order valence-corrected chi connectivity index (χ3v) is 4.39. The third-order valence-electron chi connectivity index (χ3n) is 4.39. The van der Waals surface area contributed by atoms with Crippen molar-refractivity contribution >= 4 is 11.3 Å². The molecule has 2 aromatic carbocycles. The Bertz CT molecular complexity index is 768. The van der Waals surface area contributed by atoms with E-state index in [1.54, 1.807) is 0 Å². The standard InChI is InChI=1S/C22H26N2/c1-23(2)16-17-10-11-19(14-17)21-13-12-20(24(3)4)15-22(21)18-8-6-5-7-9-18/h5-10,12-15H,11,16H2,1-4H3. The molecule has 0 saturated carbocycles. The van der Waals surface area contributed by atoms with Gasteiger partial charge in [-0.1, -0.05) is 48.6 Å². The normalized spacial score (nSPS) is 13.9. The Labute approximate surface area is 145 Å². The summed E-state index contributed by atoms with van der Waals surface area (Å²) in [6.07, 6.45) is 5.73. The van der Waals surface area contributed by atoms with E-state index in [-0.39, 0.29) is 0 Å². The maximum absolute atomic E-state index is 2.36. The molecule has 0 fully saturated rings. The van der Waals surface area contributed by atoms with Gasteiger partial charge < -0.3 is 9.80 Å². The van der Waals surface area contributed by atoms with Crippen LogP contribution < -0.4 is 4.90 Å². The Balaban J connectivity index is 2.02. The first-order valence-corrected chi connectivity index (χ1v) is 8.46. The molecule has 24 heavy (non-hydrogen) atoms. The molecular weight excluding hydrogens is 292 g/mol. The zero-order chi connectivity index (χ0) is 17.1. The van der Waals surface area contributed by atoms with E-state index in [1.807, 2.05) is 0 Å². The summed E-state index contributed by atoms with van der Waals surface area (Å²) in [5.74, 6) is 0. The molecule has 2 aromatic rings. The van der Waals surface area contributed by atoms with E-state index in [0.717, 1.165) is 13.0 Å². The van der Waals surface area contributed by atoms with E-state index >= 15 is 0 Å². The lowest BCUT2D eigenvalue weighted by molar-refractivity contribution is 0.449. The minimum absolute atomic E-state index is 1.000. The molecule has 0 aliphatic heterocycles. The van der Waals surface area contributed by atoms with Crippen LogP contribution >= 0.6 is 0 Å². The number of nitrogens with zero attached hydrogens (tertiary/aromatic N) is 2. The Kier molecular flexibility index (Phi) is 4.86. The molecule has 0 amide bonds. The highest BCUT2D eigenvalue weighted by Gasteiger charge is 2.15. The van der Waals surface area contributed by atoms with Gasteiger partial charge in [-0.25, -0.2) is 0 Å². The molecule has 0 heterocycles. The number of anilines is 1. The van der Waals surface area contributed by atoms with Crippen molar-refractivity contribution in [3.8, 4) is 11.1 Å². The van der Waals surface area contributed by atoms with Gasteiger partial charge in [-0.05, 0) is 60.5 Å². The summed E-state index contributed by atoms with van der Waals surface area (Å²) in [5.41, 5.74) is 7.99. The van der Waals surface area contributed by atoms with Gasteiger partial charge in [0.25, 0.3) is 0 Å². The van der Waals surface area contributed by atoms with Gasteiger partial charge in [-0.15, -0.1) is 0 Å². The van der Waals surface area contributed by atoms with Gasteiger partial charge >= 0.3 is 0 Å². The molecule has 0 aromatic heterocycles. The van der Waals surface area contributed by atoms with Crippen LogP contribution in [0.3, 0.4) is 0 Å². The predicted octanol–water partition coefficient (Wildman–Crippen LogP) is 4.69. The molecule has 2 heteroatoms. The van der Waals surface area contributed by atoms with Crippen molar-refractivity contribution in [3.05, 3.63) is 71.8 Å². The van der Waals surface area contributed by atoms with Gasteiger partial charge in [0.05, 0.1) is 0 Å². The molecule has 0 N–H and O–H groups in total. The predicted molar refractivity (Wildman–Crippen MR) is 105 cm³/mol. The second kappa shape index (κ2) is 7.06. The highest BCUT2D eigenvalue weighted by atomic mass is 15.1.